The number of ether oxygens (including phenoxy) is 1. The molecular weight excluding hydrogens is 403 g/mol. The number of carbonyl (C=O) groups is 2. The number of amides is 2. The second kappa shape index (κ2) is 6.82. The van der Waals surface area contributed by atoms with E-state index >= 15 is 0 Å². The van der Waals surface area contributed by atoms with E-state index in [1.807, 2.05) is 0 Å². The minimum absolute atomic E-state index is 0.0599. The van der Waals surface area contributed by atoms with Gasteiger partial charge in [-0.15, -0.1) is 0 Å². The number of carbonyl (C=O) groups excluding carboxylic acids is 2. The van der Waals surface area contributed by atoms with Crippen LogP contribution in [0.15, 0.2) is 42.5 Å². The van der Waals surface area contributed by atoms with Crippen LogP contribution in [0, 0.1) is 0 Å². The molecule has 28 heavy (non-hydrogen) atoms. The van der Waals surface area contributed by atoms with E-state index in [9.17, 15) is 31.2 Å². The lowest BCUT2D eigenvalue weighted by molar-refractivity contribution is -0.0500. The Morgan fingerprint density at radius 2 is 1.50 bits per heavy atom. The van der Waals surface area contributed by atoms with Gasteiger partial charge in [0.15, 0.2) is 0 Å². The number of methoxy groups -OCH3 is 1. The molecule has 0 saturated carbocycles. The van der Waals surface area contributed by atoms with Gasteiger partial charge in [-0.1, -0.05) is 12.1 Å². The van der Waals surface area contributed by atoms with Gasteiger partial charge in [-0.3, -0.25) is 14.5 Å². The number of hydrogen-bond acceptors (Lipinski definition) is 6. The van der Waals surface area contributed by atoms with Gasteiger partial charge in [0.1, 0.15) is 11.5 Å². The van der Waals surface area contributed by atoms with Gasteiger partial charge in [-0.2, -0.15) is 21.6 Å². The third kappa shape index (κ3) is 3.52. The Balaban J connectivity index is 1.85. The van der Waals surface area contributed by atoms with Crippen molar-refractivity contribution in [1.82, 2.24) is 4.90 Å². The number of fused-ring (bicyclic) bond motifs is 1. The molecule has 0 spiro atoms. The largest absolute Gasteiger partial charge is 0.534 e. The molecule has 0 bridgehead atoms. The Bertz CT molecular complexity index is 1050. The average Bonchev–Trinajstić information content (AvgIpc) is 2.86. The molecule has 0 saturated heterocycles. The van der Waals surface area contributed by atoms with Crippen molar-refractivity contribution in [2.24, 2.45) is 0 Å². The number of rotatable bonds is 5. The number of halogens is 3. The summed E-state index contributed by atoms with van der Waals surface area (Å²) in [6, 6.07) is 9.30. The van der Waals surface area contributed by atoms with Crippen LogP contribution in [0.1, 0.15) is 26.3 Å². The summed E-state index contributed by atoms with van der Waals surface area (Å²) in [5.74, 6) is -1.56. The minimum atomic E-state index is -5.89. The van der Waals surface area contributed by atoms with Crippen molar-refractivity contribution < 1.29 is 40.1 Å². The number of alkyl halides is 3. The molecule has 0 fully saturated rings. The topological polar surface area (TPSA) is 90.0 Å². The molecular formula is C17H12F3NO6S. The van der Waals surface area contributed by atoms with Gasteiger partial charge in [-0.25, -0.2) is 0 Å². The summed E-state index contributed by atoms with van der Waals surface area (Å²) in [7, 11) is -4.41. The Hall–Kier alpha value is -3.08. The molecule has 0 atom stereocenters. The molecule has 3 rings (SSSR count). The number of hydrogen-bond donors (Lipinski definition) is 0. The predicted octanol–water partition coefficient (Wildman–Crippen LogP) is 2.72. The molecule has 1 heterocycles. The molecule has 2 amide bonds. The predicted molar refractivity (Wildman–Crippen MR) is 89.2 cm³/mol. The van der Waals surface area contributed by atoms with E-state index in [4.69, 9.17) is 4.74 Å². The van der Waals surface area contributed by atoms with Crippen molar-refractivity contribution in [2.75, 3.05) is 7.11 Å². The second-order valence-corrected chi connectivity index (χ2v) is 7.27. The SMILES string of the molecule is COc1ccc(CN2C(=O)c3ccc(OS(=O)(=O)C(F)(F)F)cc3C2=O)cc1. The number of benzene rings is 2. The molecule has 0 aliphatic carbocycles. The van der Waals surface area contributed by atoms with E-state index < -0.39 is 33.2 Å². The van der Waals surface area contributed by atoms with Gasteiger partial charge >= 0.3 is 15.6 Å². The van der Waals surface area contributed by atoms with Gasteiger partial charge < -0.3 is 8.92 Å². The molecule has 2 aromatic carbocycles. The third-order valence-corrected chi connectivity index (χ3v) is 4.91. The average molecular weight is 415 g/mol. The smallest absolute Gasteiger partial charge is 0.497 e. The van der Waals surface area contributed by atoms with Crippen molar-refractivity contribution in [3.8, 4) is 11.5 Å². The highest BCUT2D eigenvalue weighted by Crippen LogP contribution is 2.31. The molecule has 7 nitrogen and oxygen atoms in total. The highest BCUT2D eigenvalue weighted by atomic mass is 32.2. The van der Waals surface area contributed by atoms with Crippen molar-refractivity contribution in [2.45, 2.75) is 12.1 Å². The highest BCUT2D eigenvalue weighted by molar-refractivity contribution is 7.88. The van der Waals surface area contributed by atoms with E-state index in [0.29, 0.717) is 11.3 Å². The number of imide groups is 1. The molecule has 0 unspecified atom stereocenters. The fourth-order valence-corrected chi connectivity index (χ4v) is 3.00. The van der Waals surface area contributed by atoms with Crippen molar-refractivity contribution in [3.63, 3.8) is 0 Å². The van der Waals surface area contributed by atoms with E-state index in [1.165, 1.54) is 7.11 Å². The molecule has 2 aromatic rings. The first-order valence-electron chi connectivity index (χ1n) is 7.67. The fourth-order valence-electron chi connectivity index (χ4n) is 2.55. The monoisotopic (exact) mass is 415 g/mol. The van der Waals surface area contributed by atoms with Crippen LogP contribution in [0.2, 0.25) is 0 Å². The molecule has 11 heteroatoms. The summed E-state index contributed by atoms with van der Waals surface area (Å²) in [4.78, 5) is 25.8. The molecule has 1 aliphatic heterocycles. The lowest BCUT2D eigenvalue weighted by Gasteiger charge is -2.14. The Labute approximate surface area is 157 Å². The van der Waals surface area contributed by atoms with E-state index in [2.05, 4.69) is 4.18 Å². The van der Waals surface area contributed by atoms with Gasteiger partial charge in [0.05, 0.1) is 24.8 Å². The van der Waals surface area contributed by atoms with Crippen LogP contribution >= 0.6 is 0 Å². The maximum atomic E-state index is 12.5. The molecule has 0 aromatic heterocycles. The van der Waals surface area contributed by atoms with Crippen LogP contribution in [0.3, 0.4) is 0 Å². The van der Waals surface area contributed by atoms with Gasteiger partial charge in [0.25, 0.3) is 11.8 Å². The van der Waals surface area contributed by atoms with Crippen LogP contribution in [0.5, 0.6) is 11.5 Å². The zero-order valence-electron chi connectivity index (χ0n) is 14.2. The summed E-state index contributed by atoms with van der Waals surface area (Å²) >= 11 is 0. The maximum absolute atomic E-state index is 12.5. The van der Waals surface area contributed by atoms with Gasteiger partial charge in [-0.05, 0) is 35.9 Å². The first-order valence-corrected chi connectivity index (χ1v) is 9.08. The lowest BCUT2D eigenvalue weighted by atomic mass is 10.1. The molecule has 1 aliphatic rings. The van der Waals surface area contributed by atoms with Crippen LogP contribution < -0.4 is 8.92 Å². The Morgan fingerprint density at radius 3 is 2.07 bits per heavy atom. The zero-order chi connectivity index (χ0) is 20.7. The second-order valence-electron chi connectivity index (χ2n) is 5.74. The number of nitrogens with zero attached hydrogens (tertiary/aromatic N) is 1. The van der Waals surface area contributed by atoms with Crippen LogP contribution in [0.4, 0.5) is 13.2 Å². The maximum Gasteiger partial charge on any atom is 0.534 e. The Kier molecular flexibility index (Phi) is 4.79. The Morgan fingerprint density at radius 1 is 0.929 bits per heavy atom. The van der Waals surface area contributed by atoms with Crippen molar-refractivity contribution in [3.05, 3.63) is 59.2 Å². The van der Waals surface area contributed by atoms with E-state index in [0.717, 1.165) is 23.1 Å². The molecule has 0 N–H and O–H groups in total. The van der Waals surface area contributed by atoms with E-state index in [1.54, 1.807) is 24.3 Å². The third-order valence-electron chi connectivity index (χ3n) is 3.93. The summed E-state index contributed by atoms with van der Waals surface area (Å²) in [6.45, 7) is -0.0760. The minimum Gasteiger partial charge on any atom is -0.497 e. The summed E-state index contributed by atoms with van der Waals surface area (Å²) in [6.07, 6.45) is 0. The fraction of sp³-hybridized carbons (Fsp3) is 0.176. The normalized spacial score (nSPS) is 14.2. The summed E-state index contributed by atoms with van der Waals surface area (Å²) in [5, 5.41) is 0. The first-order chi connectivity index (χ1) is 13.0. The first kappa shape index (κ1) is 19.7. The molecule has 148 valence electrons. The van der Waals surface area contributed by atoms with Crippen molar-refractivity contribution >= 4 is 21.9 Å². The van der Waals surface area contributed by atoms with Crippen LogP contribution in [-0.4, -0.2) is 37.8 Å². The molecule has 0 radical (unpaired) electrons. The highest BCUT2D eigenvalue weighted by Gasteiger charge is 2.48. The lowest BCUT2D eigenvalue weighted by Crippen LogP contribution is -2.29. The van der Waals surface area contributed by atoms with E-state index in [-0.39, 0.29) is 17.7 Å². The summed E-state index contributed by atoms with van der Waals surface area (Å²) < 4.78 is 68.6. The zero-order valence-corrected chi connectivity index (χ0v) is 15.0. The van der Waals surface area contributed by atoms with Crippen molar-refractivity contribution in [1.29, 1.82) is 0 Å². The van der Waals surface area contributed by atoms with Gasteiger partial charge in [0.2, 0.25) is 0 Å². The van der Waals surface area contributed by atoms with Gasteiger partial charge in [0, 0.05) is 0 Å². The van der Waals surface area contributed by atoms with Crippen LogP contribution in [0.25, 0.3) is 0 Å². The standard InChI is InChI=1S/C17H12F3NO6S/c1-26-11-4-2-10(3-5-11)9-21-15(22)13-7-6-12(8-14(13)16(21)23)27-28(24,25)17(18,19)20/h2-8H,9H2,1H3. The quantitative estimate of drug-likeness (QED) is 0.424. The summed E-state index contributed by atoms with van der Waals surface area (Å²) in [5.41, 5.74) is -5.30. The van der Waals surface area contributed by atoms with Crippen LogP contribution in [-0.2, 0) is 16.7 Å².